The topological polar surface area (TPSA) is 162 Å². The van der Waals surface area contributed by atoms with Crippen LogP contribution in [0.1, 0.15) is 42.9 Å². The summed E-state index contributed by atoms with van der Waals surface area (Å²) in [5.41, 5.74) is 0.800. The first-order valence-corrected chi connectivity index (χ1v) is 13.7. The zero-order valence-corrected chi connectivity index (χ0v) is 21.3. The lowest BCUT2D eigenvalue weighted by atomic mass is 9.97. The summed E-state index contributed by atoms with van der Waals surface area (Å²) < 4.78 is 24.2. The van der Waals surface area contributed by atoms with E-state index in [4.69, 9.17) is 5.14 Å². The molecule has 4 rings (SSSR count). The molecule has 0 aliphatic heterocycles. The van der Waals surface area contributed by atoms with Crippen LogP contribution in [0.3, 0.4) is 0 Å². The molecule has 1 atom stereocenters. The van der Waals surface area contributed by atoms with Crippen molar-refractivity contribution in [3.8, 4) is 11.1 Å². The highest BCUT2D eigenvalue weighted by atomic mass is 32.2. The van der Waals surface area contributed by atoms with Gasteiger partial charge in [0.2, 0.25) is 21.8 Å². The van der Waals surface area contributed by atoms with Gasteiger partial charge in [-0.3, -0.25) is 19.7 Å². The second-order valence-electron chi connectivity index (χ2n) is 9.20. The Balaban J connectivity index is 1.73. The molecule has 1 aliphatic carbocycles. The normalized spacial score (nSPS) is 14.6. The number of amides is 2. The highest BCUT2D eigenvalue weighted by molar-refractivity contribution is 7.89. The molecule has 38 heavy (non-hydrogen) atoms. The van der Waals surface area contributed by atoms with Crippen LogP contribution in [0.5, 0.6) is 0 Å². The quantitative estimate of drug-likeness (QED) is 0.280. The molecule has 4 N–H and O–H groups in total. The second kappa shape index (κ2) is 11.5. The maximum atomic E-state index is 13.3. The van der Waals surface area contributed by atoms with Gasteiger partial charge < -0.3 is 10.6 Å². The van der Waals surface area contributed by atoms with E-state index in [0.717, 1.165) is 18.4 Å². The first-order valence-electron chi connectivity index (χ1n) is 12.2. The first-order chi connectivity index (χ1) is 18.1. The van der Waals surface area contributed by atoms with Gasteiger partial charge in [-0.2, -0.15) is 0 Å². The third-order valence-corrected chi connectivity index (χ3v) is 7.60. The minimum Gasteiger partial charge on any atom is -0.350 e. The van der Waals surface area contributed by atoms with Crippen LogP contribution in [0.25, 0.3) is 11.1 Å². The second-order valence-corrected chi connectivity index (χ2v) is 10.7. The summed E-state index contributed by atoms with van der Waals surface area (Å²) in [6, 6.07) is 17.7. The van der Waals surface area contributed by atoms with Gasteiger partial charge in [0.05, 0.1) is 15.4 Å². The predicted octanol–water partition coefficient (Wildman–Crippen LogP) is 3.57. The Morgan fingerprint density at radius 2 is 1.66 bits per heavy atom. The number of nitrogens with one attached hydrogen (secondary N) is 2. The number of carbonyl (C=O) groups excluding carboxylic acids is 2. The van der Waals surface area contributed by atoms with Crippen LogP contribution >= 0.6 is 0 Å². The van der Waals surface area contributed by atoms with Crippen molar-refractivity contribution < 1.29 is 22.9 Å². The Bertz CT molecular complexity index is 1450. The zero-order chi connectivity index (χ0) is 27.3. The molecular weight excluding hydrogens is 508 g/mol. The van der Waals surface area contributed by atoms with E-state index >= 15 is 0 Å². The van der Waals surface area contributed by atoms with Gasteiger partial charge in [0, 0.05) is 24.1 Å². The minimum atomic E-state index is -4.10. The number of nitrogens with two attached hydrogens (primary N) is 1. The monoisotopic (exact) mass is 536 g/mol. The Morgan fingerprint density at radius 1 is 1.00 bits per heavy atom. The number of nitro groups is 1. The fourth-order valence-electron chi connectivity index (χ4n) is 4.69. The van der Waals surface area contributed by atoms with Crippen LogP contribution < -0.4 is 15.8 Å². The molecule has 1 fully saturated rings. The van der Waals surface area contributed by atoms with Crippen molar-refractivity contribution in [3.05, 3.63) is 94.0 Å². The number of nitro benzene ring substituents is 1. The number of nitrogens with zero attached hydrogens (tertiary/aromatic N) is 1. The Morgan fingerprint density at radius 3 is 2.32 bits per heavy atom. The predicted molar refractivity (Wildman–Crippen MR) is 141 cm³/mol. The summed E-state index contributed by atoms with van der Waals surface area (Å²) in [6.07, 6.45) is 3.19. The van der Waals surface area contributed by atoms with Crippen molar-refractivity contribution in [2.75, 3.05) is 0 Å². The van der Waals surface area contributed by atoms with E-state index in [9.17, 15) is 28.1 Å². The van der Waals surface area contributed by atoms with Crippen molar-refractivity contribution in [3.63, 3.8) is 0 Å². The largest absolute Gasteiger partial charge is 0.350 e. The highest BCUT2D eigenvalue weighted by Crippen LogP contribution is 2.34. The van der Waals surface area contributed by atoms with Crippen LogP contribution in [0.4, 0.5) is 5.69 Å². The van der Waals surface area contributed by atoms with Gasteiger partial charge >= 0.3 is 0 Å². The van der Waals surface area contributed by atoms with E-state index in [1.807, 2.05) is 30.3 Å². The highest BCUT2D eigenvalue weighted by Gasteiger charge is 2.33. The maximum Gasteiger partial charge on any atom is 0.275 e. The number of hydrogen-bond acceptors (Lipinski definition) is 6. The molecule has 2 amide bonds. The molecule has 10 nitrogen and oxygen atoms in total. The molecule has 0 heterocycles. The number of sulfonamides is 1. The standard InChI is InChI=1S/C27H28N4O6S/c28-38(36,37)24-13-7-6-12-21(24)20-14-15-22(23(16-20)31(34)35)25(30-26(32)19-10-4-5-11-19)27(33)29-17-18-8-2-1-3-9-18/h1-3,6-9,12-16,19,25H,4-5,10-11,17H2,(H,29,33)(H,30,32)(H2,28,36,37)/t25-/m0/s1. The summed E-state index contributed by atoms with van der Waals surface area (Å²) in [5.74, 6) is -1.19. The van der Waals surface area contributed by atoms with Crippen LogP contribution in [-0.2, 0) is 26.2 Å². The number of carbonyl (C=O) groups is 2. The van der Waals surface area contributed by atoms with Gasteiger partial charge in [-0.15, -0.1) is 0 Å². The molecule has 0 radical (unpaired) electrons. The van der Waals surface area contributed by atoms with E-state index in [-0.39, 0.29) is 40.0 Å². The molecule has 198 valence electrons. The number of benzene rings is 3. The molecule has 0 saturated heterocycles. The molecule has 11 heteroatoms. The Labute approximate surface area is 220 Å². The number of primary sulfonamides is 1. The van der Waals surface area contributed by atoms with Gasteiger partial charge in [0.15, 0.2) is 0 Å². The first kappa shape index (κ1) is 27.0. The number of hydrogen-bond donors (Lipinski definition) is 3. The van der Waals surface area contributed by atoms with E-state index < -0.39 is 32.6 Å². The van der Waals surface area contributed by atoms with Crippen molar-refractivity contribution in [1.82, 2.24) is 10.6 Å². The molecule has 3 aromatic rings. The Hall–Kier alpha value is -4.09. The lowest BCUT2D eigenvalue weighted by Crippen LogP contribution is -2.42. The van der Waals surface area contributed by atoms with E-state index in [2.05, 4.69) is 10.6 Å². The third kappa shape index (κ3) is 6.24. The molecule has 0 spiro atoms. The Kier molecular flexibility index (Phi) is 8.18. The van der Waals surface area contributed by atoms with Crippen molar-refractivity contribution in [2.45, 2.75) is 43.2 Å². The summed E-state index contributed by atoms with van der Waals surface area (Å²) >= 11 is 0. The van der Waals surface area contributed by atoms with Gasteiger partial charge in [0.25, 0.3) is 5.69 Å². The average Bonchev–Trinajstić information content (AvgIpc) is 3.45. The molecule has 3 aromatic carbocycles. The lowest BCUT2D eigenvalue weighted by molar-refractivity contribution is -0.385. The van der Waals surface area contributed by atoms with Crippen molar-refractivity contribution in [1.29, 1.82) is 0 Å². The molecule has 0 unspecified atom stereocenters. The SMILES string of the molecule is NS(=O)(=O)c1ccccc1-c1ccc([C@H](NC(=O)C2CCCC2)C(=O)NCc2ccccc2)c([N+](=O)[O-])c1. The fourth-order valence-corrected chi connectivity index (χ4v) is 5.45. The molecule has 0 bridgehead atoms. The molecule has 1 saturated carbocycles. The van der Waals surface area contributed by atoms with Gasteiger partial charge in [0.1, 0.15) is 6.04 Å². The summed E-state index contributed by atoms with van der Waals surface area (Å²) in [7, 11) is -4.10. The summed E-state index contributed by atoms with van der Waals surface area (Å²) in [5, 5.41) is 23.0. The molecular formula is C27H28N4O6S. The zero-order valence-electron chi connectivity index (χ0n) is 20.5. The van der Waals surface area contributed by atoms with E-state index in [1.165, 1.54) is 36.4 Å². The fraction of sp³-hybridized carbons (Fsp3) is 0.259. The summed E-state index contributed by atoms with van der Waals surface area (Å²) in [4.78, 5) is 37.6. The van der Waals surface area contributed by atoms with Crippen LogP contribution in [0, 0.1) is 16.0 Å². The summed E-state index contributed by atoms with van der Waals surface area (Å²) in [6.45, 7) is 0.170. The smallest absolute Gasteiger partial charge is 0.275 e. The average molecular weight is 537 g/mol. The minimum absolute atomic E-state index is 0.0104. The number of rotatable bonds is 9. The molecule has 0 aromatic heterocycles. The van der Waals surface area contributed by atoms with Gasteiger partial charge in [-0.05, 0) is 36.1 Å². The van der Waals surface area contributed by atoms with Gasteiger partial charge in [-0.1, -0.05) is 67.4 Å². The third-order valence-electron chi connectivity index (χ3n) is 6.63. The van der Waals surface area contributed by atoms with Crippen LogP contribution in [-0.4, -0.2) is 25.2 Å². The van der Waals surface area contributed by atoms with E-state index in [1.54, 1.807) is 6.07 Å². The van der Waals surface area contributed by atoms with E-state index in [0.29, 0.717) is 12.8 Å². The van der Waals surface area contributed by atoms with Crippen molar-refractivity contribution in [2.24, 2.45) is 11.1 Å². The maximum absolute atomic E-state index is 13.3. The molecule has 1 aliphatic rings. The van der Waals surface area contributed by atoms with Crippen LogP contribution in [0.2, 0.25) is 0 Å². The van der Waals surface area contributed by atoms with Crippen molar-refractivity contribution >= 4 is 27.5 Å². The lowest BCUT2D eigenvalue weighted by Gasteiger charge is -2.21. The van der Waals surface area contributed by atoms with Crippen LogP contribution in [0.15, 0.2) is 77.7 Å². The van der Waals surface area contributed by atoms with Gasteiger partial charge in [-0.25, -0.2) is 13.6 Å².